The zero-order chi connectivity index (χ0) is 23.6. The van der Waals surface area contributed by atoms with Crippen LogP contribution in [0.1, 0.15) is 96.5 Å². The monoisotopic (exact) mass is 444 g/mol. The van der Waals surface area contributed by atoms with Crippen molar-refractivity contribution in [3.8, 4) is 0 Å². The molecule has 0 aromatic heterocycles. The van der Waals surface area contributed by atoms with Gasteiger partial charge >= 0.3 is 5.97 Å². The van der Waals surface area contributed by atoms with Gasteiger partial charge < -0.3 is 15.3 Å². The normalized spacial score (nSPS) is 23.5. The summed E-state index contributed by atoms with van der Waals surface area (Å²) >= 11 is 0. The Labute approximate surface area is 194 Å². The van der Waals surface area contributed by atoms with Gasteiger partial charge in [0.25, 0.3) is 0 Å². The third-order valence-corrected chi connectivity index (χ3v) is 7.14. The first-order chi connectivity index (χ1) is 15.2. The molecule has 0 radical (unpaired) electrons. The van der Waals surface area contributed by atoms with Crippen molar-refractivity contribution >= 4 is 5.97 Å². The number of carboxylic acids is 1. The van der Waals surface area contributed by atoms with Crippen molar-refractivity contribution in [3.05, 3.63) is 48.0 Å². The van der Waals surface area contributed by atoms with Crippen LogP contribution in [0, 0.1) is 17.3 Å². The van der Waals surface area contributed by atoms with Crippen LogP contribution >= 0.6 is 0 Å². The maximum absolute atomic E-state index is 11.6. The molecule has 0 bridgehead atoms. The highest BCUT2D eigenvalue weighted by atomic mass is 16.4. The Morgan fingerprint density at radius 1 is 1.16 bits per heavy atom. The molecule has 32 heavy (non-hydrogen) atoms. The minimum Gasteiger partial charge on any atom is -0.481 e. The number of carboxylic acid groups (broad SMARTS) is 1. The Hall–Kier alpha value is -1.65. The van der Waals surface area contributed by atoms with Crippen LogP contribution in [-0.4, -0.2) is 33.5 Å². The largest absolute Gasteiger partial charge is 0.481 e. The molecule has 1 aromatic carbocycles. The van der Waals surface area contributed by atoms with E-state index >= 15 is 0 Å². The Bertz CT molecular complexity index is 697. The number of unbranched alkanes of at least 4 members (excludes halogenated alkanes) is 2. The Morgan fingerprint density at radius 2 is 1.88 bits per heavy atom. The molecule has 0 heterocycles. The molecule has 2 rings (SSSR count). The number of hydrogen-bond acceptors (Lipinski definition) is 3. The van der Waals surface area contributed by atoms with Crippen LogP contribution in [0.4, 0.5) is 0 Å². The number of aliphatic carboxylic acids is 1. The second kappa shape index (κ2) is 13.2. The zero-order valence-corrected chi connectivity index (χ0v) is 20.2. The molecule has 4 nitrogen and oxygen atoms in total. The number of aliphatic hydroxyl groups is 2. The van der Waals surface area contributed by atoms with Gasteiger partial charge in [0.2, 0.25) is 0 Å². The molecule has 1 aliphatic rings. The standard InChI is InChI=1S/C28H44O4/c1-4-19-28(2,3)20-23(29)17-15-22-16-18-26(30)24(22)13-9-6-10-14-25(27(31)32)21-11-7-5-8-12-21/h5,7-8,11-12,15,17,22-26,29-30H,4,6,9-10,13-14,16,18-20H2,1-3H3,(H,31,32)/t22-,23?,24+,25?,26-/m0/s1. The summed E-state index contributed by atoms with van der Waals surface area (Å²) in [4.78, 5) is 11.6. The number of benzene rings is 1. The summed E-state index contributed by atoms with van der Waals surface area (Å²) in [5.41, 5.74) is 1.01. The second-order valence-electron chi connectivity index (χ2n) is 10.5. The average molecular weight is 445 g/mol. The van der Waals surface area contributed by atoms with Gasteiger partial charge in [0.1, 0.15) is 0 Å². The fourth-order valence-electron chi connectivity index (χ4n) is 5.43. The Balaban J connectivity index is 1.78. The highest BCUT2D eigenvalue weighted by Crippen LogP contribution is 2.37. The van der Waals surface area contributed by atoms with E-state index in [0.717, 1.165) is 63.4 Å². The maximum Gasteiger partial charge on any atom is 0.310 e. The number of rotatable bonds is 14. The van der Waals surface area contributed by atoms with Crippen molar-refractivity contribution in [1.82, 2.24) is 0 Å². The molecule has 0 spiro atoms. The van der Waals surface area contributed by atoms with Crippen molar-refractivity contribution in [3.63, 3.8) is 0 Å². The third kappa shape index (κ3) is 8.71. The van der Waals surface area contributed by atoms with Crippen LogP contribution in [-0.2, 0) is 4.79 Å². The molecular weight excluding hydrogens is 400 g/mol. The van der Waals surface area contributed by atoms with E-state index in [9.17, 15) is 20.1 Å². The predicted molar refractivity (Wildman–Crippen MR) is 131 cm³/mol. The first-order valence-electron chi connectivity index (χ1n) is 12.6. The molecule has 1 aromatic rings. The quantitative estimate of drug-likeness (QED) is 0.232. The molecule has 180 valence electrons. The van der Waals surface area contributed by atoms with Crippen LogP contribution in [0.2, 0.25) is 0 Å². The maximum atomic E-state index is 11.6. The topological polar surface area (TPSA) is 77.8 Å². The van der Waals surface area contributed by atoms with Crippen LogP contribution < -0.4 is 0 Å². The summed E-state index contributed by atoms with van der Waals surface area (Å²) in [5.74, 6) is -0.632. The molecule has 1 aliphatic carbocycles. The molecule has 4 heteroatoms. The van der Waals surface area contributed by atoms with Gasteiger partial charge in [0.05, 0.1) is 18.1 Å². The predicted octanol–water partition coefficient (Wildman–Crippen LogP) is 6.33. The zero-order valence-electron chi connectivity index (χ0n) is 20.2. The summed E-state index contributed by atoms with van der Waals surface area (Å²) in [6.07, 6.45) is 12.6. The Morgan fingerprint density at radius 3 is 2.53 bits per heavy atom. The van der Waals surface area contributed by atoms with E-state index in [4.69, 9.17) is 0 Å². The molecule has 3 N–H and O–H groups in total. The summed E-state index contributed by atoms with van der Waals surface area (Å²) < 4.78 is 0. The van der Waals surface area contributed by atoms with Crippen LogP contribution in [0.15, 0.2) is 42.5 Å². The van der Waals surface area contributed by atoms with Gasteiger partial charge in [-0.3, -0.25) is 4.79 Å². The van der Waals surface area contributed by atoms with Crippen molar-refractivity contribution in [1.29, 1.82) is 0 Å². The van der Waals surface area contributed by atoms with Crippen molar-refractivity contribution in [2.45, 2.75) is 103 Å². The summed E-state index contributed by atoms with van der Waals surface area (Å²) in [5, 5.41) is 30.5. The van der Waals surface area contributed by atoms with Crippen LogP contribution in [0.5, 0.6) is 0 Å². The lowest BCUT2D eigenvalue weighted by Gasteiger charge is -2.26. The Kier molecular flexibility index (Phi) is 10.9. The van der Waals surface area contributed by atoms with E-state index in [-0.39, 0.29) is 17.4 Å². The summed E-state index contributed by atoms with van der Waals surface area (Å²) in [6.45, 7) is 6.60. The minimum atomic E-state index is -0.756. The first kappa shape index (κ1) is 26.6. The van der Waals surface area contributed by atoms with Gasteiger partial charge in [-0.05, 0) is 61.3 Å². The lowest BCUT2D eigenvalue weighted by Crippen LogP contribution is -2.20. The highest BCUT2D eigenvalue weighted by Gasteiger charge is 2.33. The lowest BCUT2D eigenvalue weighted by molar-refractivity contribution is -0.139. The van der Waals surface area contributed by atoms with Gasteiger partial charge in [-0.15, -0.1) is 0 Å². The van der Waals surface area contributed by atoms with Crippen LogP contribution in [0.25, 0.3) is 0 Å². The van der Waals surface area contributed by atoms with Gasteiger partial charge in [-0.1, -0.05) is 88.9 Å². The fourth-order valence-corrected chi connectivity index (χ4v) is 5.43. The second-order valence-corrected chi connectivity index (χ2v) is 10.5. The smallest absolute Gasteiger partial charge is 0.310 e. The molecule has 5 atom stereocenters. The molecule has 0 aliphatic heterocycles. The van der Waals surface area contributed by atoms with E-state index in [0.29, 0.717) is 12.3 Å². The molecule has 1 saturated carbocycles. The molecule has 0 amide bonds. The van der Waals surface area contributed by atoms with E-state index < -0.39 is 18.0 Å². The summed E-state index contributed by atoms with van der Waals surface area (Å²) in [6, 6.07) is 9.47. The highest BCUT2D eigenvalue weighted by molar-refractivity contribution is 5.75. The first-order valence-corrected chi connectivity index (χ1v) is 12.6. The fraction of sp³-hybridized carbons (Fsp3) is 0.679. The van der Waals surface area contributed by atoms with Crippen LogP contribution in [0.3, 0.4) is 0 Å². The van der Waals surface area contributed by atoms with Gasteiger partial charge in [0.15, 0.2) is 0 Å². The van der Waals surface area contributed by atoms with Crippen molar-refractivity contribution < 1.29 is 20.1 Å². The lowest BCUT2D eigenvalue weighted by atomic mass is 9.82. The van der Waals surface area contributed by atoms with Gasteiger partial charge in [-0.2, -0.15) is 0 Å². The van der Waals surface area contributed by atoms with E-state index in [1.165, 1.54) is 0 Å². The van der Waals surface area contributed by atoms with E-state index in [1.807, 2.05) is 36.4 Å². The van der Waals surface area contributed by atoms with Gasteiger partial charge in [-0.25, -0.2) is 0 Å². The number of carbonyl (C=O) groups is 1. The molecule has 0 saturated heterocycles. The summed E-state index contributed by atoms with van der Waals surface area (Å²) in [7, 11) is 0. The number of allylic oxidation sites excluding steroid dienone is 1. The average Bonchev–Trinajstić information content (AvgIpc) is 3.08. The molecule has 2 unspecified atom stereocenters. The van der Waals surface area contributed by atoms with Crippen molar-refractivity contribution in [2.75, 3.05) is 0 Å². The SMILES string of the molecule is CCCC(C)(C)CC(O)C=C[C@H]1CC[C@H](O)[C@@H]1CCCCCC(C(=O)O)c1ccccc1. The minimum absolute atomic E-state index is 0.140. The molecular formula is C28H44O4. The van der Waals surface area contributed by atoms with Crippen molar-refractivity contribution in [2.24, 2.45) is 17.3 Å². The molecule has 1 fully saturated rings. The number of aliphatic hydroxyl groups excluding tert-OH is 2. The third-order valence-electron chi connectivity index (χ3n) is 7.14. The van der Waals surface area contributed by atoms with Gasteiger partial charge in [0, 0.05) is 0 Å². The number of hydrogen-bond donors (Lipinski definition) is 3. The van der Waals surface area contributed by atoms with E-state index in [1.54, 1.807) is 0 Å². The van der Waals surface area contributed by atoms with E-state index in [2.05, 4.69) is 26.8 Å².